The highest BCUT2D eigenvalue weighted by Gasteiger charge is 2.47. The van der Waals surface area contributed by atoms with Crippen molar-refractivity contribution in [1.82, 2.24) is 20.4 Å². The number of allylic oxidation sites excluding steroid dienone is 1. The average Bonchev–Trinajstić information content (AvgIpc) is 3.91. The molecule has 2 aliphatic heterocycles. The standard InChI is InChI=1S/C42H56N4O8/c1-8-10-14-29(36(49)33(47)17-11-9-2)22-34(48)32-23-31(54-41(53)45-21-20-27-15-12-13-16-30(27)24-45)25-46(32)39(51)38(42(5,6)7)44-40(52)43-35(26(3)4)37(50)28-18-19-28/h1,9,12-13,15-16,26,28-29,31-32,35,38H,2,10-11,14,17-25H2,3-7H3,(H2,43,44,52)/t29?,31-,32+,35+,38-/m1/s1. The van der Waals surface area contributed by atoms with Gasteiger partial charge in [-0.25, -0.2) is 9.59 Å². The molecule has 0 spiro atoms. The second-order valence-electron chi connectivity index (χ2n) is 16.2. The van der Waals surface area contributed by atoms with E-state index in [4.69, 9.17) is 11.2 Å². The molecular weight excluding hydrogens is 688 g/mol. The van der Waals surface area contributed by atoms with E-state index in [1.165, 1.54) is 11.0 Å². The van der Waals surface area contributed by atoms with Gasteiger partial charge in [0, 0.05) is 50.6 Å². The number of urea groups is 1. The van der Waals surface area contributed by atoms with Gasteiger partial charge >= 0.3 is 12.1 Å². The van der Waals surface area contributed by atoms with Crippen LogP contribution in [0.5, 0.6) is 0 Å². The third-order valence-electron chi connectivity index (χ3n) is 10.5. The Morgan fingerprint density at radius 3 is 2.35 bits per heavy atom. The van der Waals surface area contributed by atoms with Gasteiger partial charge in [-0.15, -0.1) is 18.9 Å². The quantitative estimate of drug-likeness (QED) is 0.129. The molecule has 5 atom stereocenters. The number of nitrogens with one attached hydrogen (secondary N) is 2. The van der Waals surface area contributed by atoms with Gasteiger partial charge in [0.15, 0.2) is 17.3 Å². The second-order valence-corrected chi connectivity index (χ2v) is 16.2. The smallest absolute Gasteiger partial charge is 0.410 e. The van der Waals surface area contributed by atoms with E-state index in [1.807, 2.05) is 38.1 Å². The van der Waals surface area contributed by atoms with Crippen molar-refractivity contribution in [3.63, 3.8) is 0 Å². The highest BCUT2D eigenvalue weighted by Crippen LogP contribution is 2.33. The van der Waals surface area contributed by atoms with Crippen molar-refractivity contribution in [3.05, 3.63) is 48.0 Å². The molecule has 1 aliphatic carbocycles. The largest absolute Gasteiger partial charge is 0.444 e. The first-order valence-electron chi connectivity index (χ1n) is 19.1. The van der Waals surface area contributed by atoms with Crippen LogP contribution in [0.1, 0.15) is 97.1 Å². The summed E-state index contributed by atoms with van der Waals surface area (Å²) in [6, 6.07) is 4.16. The van der Waals surface area contributed by atoms with Crippen LogP contribution in [0.25, 0.3) is 0 Å². The van der Waals surface area contributed by atoms with Gasteiger partial charge in [-0.1, -0.05) is 65.0 Å². The van der Waals surface area contributed by atoms with E-state index in [9.17, 15) is 33.6 Å². The molecule has 3 aliphatic rings. The van der Waals surface area contributed by atoms with E-state index in [-0.39, 0.29) is 56.3 Å². The fraction of sp³-hybridized carbons (Fsp3) is 0.595. The Balaban J connectivity index is 1.57. The van der Waals surface area contributed by atoms with E-state index in [1.54, 1.807) is 25.7 Å². The summed E-state index contributed by atoms with van der Waals surface area (Å²) in [6.45, 7) is 13.3. The molecule has 0 radical (unpaired) electrons. The van der Waals surface area contributed by atoms with E-state index < -0.39 is 70.9 Å². The summed E-state index contributed by atoms with van der Waals surface area (Å²) in [5.74, 6) is -1.19. The summed E-state index contributed by atoms with van der Waals surface area (Å²) in [5, 5.41) is 5.56. The molecular formula is C42H56N4O8. The Morgan fingerprint density at radius 2 is 1.74 bits per heavy atom. The molecule has 2 N–H and O–H groups in total. The molecule has 0 bridgehead atoms. The van der Waals surface area contributed by atoms with Gasteiger partial charge in [0.1, 0.15) is 12.1 Å². The van der Waals surface area contributed by atoms with Crippen LogP contribution >= 0.6 is 0 Å². The maximum Gasteiger partial charge on any atom is 0.410 e. The number of Topliss-reactive ketones (excluding diaryl/α,β-unsaturated/α-hetero) is 4. The second kappa shape index (κ2) is 18.5. The minimum Gasteiger partial charge on any atom is -0.444 e. The molecule has 2 heterocycles. The third kappa shape index (κ3) is 10.9. The Hall–Kier alpha value is -4.79. The normalized spacial score (nSPS) is 19.8. The van der Waals surface area contributed by atoms with Gasteiger partial charge in [0.25, 0.3) is 0 Å². The van der Waals surface area contributed by atoms with Crippen LogP contribution in [0.15, 0.2) is 36.9 Å². The first-order valence-corrected chi connectivity index (χ1v) is 19.1. The van der Waals surface area contributed by atoms with Crippen molar-refractivity contribution in [2.24, 2.45) is 23.2 Å². The monoisotopic (exact) mass is 744 g/mol. The lowest BCUT2D eigenvalue weighted by Crippen LogP contribution is -2.60. The molecule has 4 amide bonds. The van der Waals surface area contributed by atoms with Crippen molar-refractivity contribution < 1.29 is 38.3 Å². The van der Waals surface area contributed by atoms with E-state index in [2.05, 4.69) is 23.1 Å². The van der Waals surface area contributed by atoms with Crippen LogP contribution in [0.2, 0.25) is 0 Å². The number of terminal acetylenes is 1. The fourth-order valence-electron chi connectivity index (χ4n) is 7.16. The lowest BCUT2D eigenvalue weighted by Gasteiger charge is -2.36. The van der Waals surface area contributed by atoms with Crippen molar-refractivity contribution in [1.29, 1.82) is 0 Å². The number of ether oxygens (including phenoxy) is 1. The van der Waals surface area contributed by atoms with Crippen LogP contribution < -0.4 is 10.6 Å². The van der Waals surface area contributed by atoms with Gasteiger partial charge in [-0.05, 0) is 54.6 Å². The zero-order valence-corrected chi connectivity index (χ0v) is 32.4. The number of benzene rings is 1. The van der Waals surface area contributed by atoms with Crippen molar-refractivity contribution in [3.8, 4) is 12.3 Å². The van der Waals surface area contributed by atoms with Gasteiger partial charge in [0.2, 0.25) is 11.7 Å². The zero-order valence-electron chi connectivity index (χ0n) is 32.4. The number of nitrogens with zero attached hydrogens (tertiary/aromatic N) is 2. The molecule has 4 rings (SSSR count). The Labute approximate surface area is 319 Å². The average molecular weight is 745 g/mol. The summed E-state index contributed by atoms with van der Waals surface area (Å²) in [6.07, 6.45) is 7.98. The summed E-state index contributed by atoms with van der Waals surface area (Å²) >= 11 is 0. The molecule has 1 saturated heterocycles. The van der Waals surface area contributed by atoms with E-state index in [0.29, 0.717) is 25.9 Å². The number of rotatable bonds is 17. The first kappa shape index (κ1) is 42.0. The number of hydrogen-bond acceptors (Lipinski definition) is 8. The maximum atomic E-state index is 14.6. The molecule has 1 aromatic rings. The SMILES string of the molecule is C#CCCC(CC(=O)[C@@H]1C[C@@H](OC(=O)N2CCc3ccccc3C2)CN1C(=O)[C@@H](NC(=O)N[C@H](C(=O)C1CC1)C(C)C)C(C)(C)C)C(=O)C(=O)CCC=C. The van der Waals surface area contributed by atoms with Crippen LogP contribution in [0.3, 0.4) is 0 Å². The predicted octanol–water partition coefficient (Wildman–Crippen LogP) is 4.96. The number of ketones is 4. The topological polar surface area (TPSA) is 159 Å². The molecule has 292 valence electrons. The van der Waals surface area contributed by atoms with Crippen molar-refractivity contribution in [2.45, 2.75) is 123 Å². The van der Waals surface area contributed by atoms with Gasteiger partial charge < -0.3 is 25.2 Å². The van der Waals surface area contributed by atoms with Crippen molar-refractivity contribution >= 4 is 41.2 Å². The van der Waals surface area contributed by atoms with Gasteiger partial charge in [-0.3, -0.25) is 24.0 Å². The Morgan fingerprint density at radius 1 is 1.06 bits per heavy atom. The molecule has 54 heavy (non-hydrogen) atoms. The maximum absolute atomic E-state index is 14.6. The Bertz CT molecular complexity index is 1650. The molecule has 2 fully saturated rings. The molecule has 1 saturated carbocycles. The molecule has 1 unspecified atom stereocenters. The minimum atomic E-state index is -1.15. The van der Waals surface area contributed by atoms with Crippen LogP contribution in [0.4, 0.5) is 9.59 Å². The van der Waals surface area contributed by atoms with Crippen LogP contribution in [0, 0.1) is 35.5 Å². The third-order valence-corrected chi connectivity index (χ3v) is 10.5. The number of likely N-dealkylation sites (tertiary alicyclic amines) is 1. The van der Waals surface area contributed by atoms with Crippen molar-refractivity contribution in [2.75, 3.05) is 13.1 Å². The number of carbonyl (C=O) groups is 7. The fourth-order valence-corrected chi connectivity index (χ4v) is 7.16. The van der Waals surface area contributed by atoms with Crippen LogP contribution in [-0.2, 0) is 41.7 Å². The lowest BCUT2D eigenvalue weighted by molar-refractivity contribution is -0.143. The van der Waals surface area contributed by atoms with Crippen LogP contribution in [-0.4, -0.2) is 88.3 Å². The Kier molecular flexibility index (Phi) is 14.4. The summed E-state index contributed by atoms with van der Waals surface area (Å²) in [4.78, 5) is 97.5. The molecule has 1 aromatic carbocycles. The molecule has 12 nitrogen and oxygen atoms in total. The molecule has 0 aromatic heterocycles. The lowest BCUT2D eigenvalue weighted by atomic mass is 9.85. The van der Waals surface area contributed by atoms with Gasteiger partial charge in [-0.2, -0.15) is 0 Å². The zero-order chi connectivity index (χ0) is 39.7. The summed E-state index contributed by atoms with van der Waals surface area (Å²) in [5.41, 5.74) is 1.32. The first-order chi connectivity index (χ1) is 25.5. The summed E-state index contributed by atoms with van der Waals surface area (Å²) < 4.78 is 5.95. The number of fused-ring (bicyclic) bond motifs is 1. The van der Waals surface area contributed by atoms with Gasteiger partial charge in [0.05, 0.1) is 18.6 Å². The van der Waals surface area contributed by atoms with E-state index >= 15 is 0 Å². The number of amides is 4. The predicted molar refractivity (Wildman–Crippen MR) is 203 cm³/mol. The summed E-state index contributed by atoms with van der Waals surface area (Å²) in [7, 11) is 0. The highest BCUT2D eigenvalue weighted by atomic mass is 16.6. The minimum absolute atomic E-state index is 0.0322. The van der Waals surface area contributed by atoms with E-state index in [0.717, 1.165) is 24.0 Å². The highest BCUT2D eigenvalue weighted by molar-refractivity contribution is 6.38. The number of hydrogen-bond donors (Lipinski definition) is 2. The number of carbonyl (C=O) groups excluding carboxylic acids is 7. The molecule has 12 heteroatoms.